The molecule has 0 saturated carbocycles. The van der Waals surface area contributed by atoms with Gasteiger partial charge in [0.25, 0.3) is 11.6 Å². The number of aryl methyl sites for hydroxylation is 2. The third-order valence-electron chi connectivity index (χ3n) is 3.86. The molecule has 8 nitrogen and oxygen atoms in total. The molecule has 1 amide bonds. The van der Waals surface area contributed by atoms with Crippen LogP contribution in [0.1, 0.15) is 16.7 Å². The van der Waals surface area contributed by atoms with Crippen LogP contribution in [-0.2, 0) is 4.79 Å². The number of benzene rings is 2. The number of carbonyl (C=O) groups excluding carboxylic acids is 1. The van der Waals surface area contributed by atoms with Crippen molar-refractivity contribution in [3.05, 3.63) is 62.7 Å². The molecule has 136 valence electrons. The molecule has 2 aromatic carbocycles. The fourth-order valence-electron chi connectivity index (χ4n) is 2.77. The standard InChI is InChI=1S/C19H15N3O5/c1-11-3-12(2)5-15(4-11)21-19(23)14(9-20)6-13-7-17-18(27-10-26-17)8-16(13)22(24)25/h3-8H,10H2,1-2H3,(H,21,23)/b14-6+. The number of anilines is 1. The van der Waals surface area contributed by atoms with Crippen LogP contribution in [0.15, 0.2) is 35.9 Å². The number of rotatable bonds is 4. The first-order valence-corrected chi connectivity index (χ1v) is 7.97. The molecule has 0 spiro atoms. The predicted molar refractivity (Wildman–Crippen MR) is 97.4 cm³/mol. The average molecular weight is 365 g/mol. The van der Waals surface area contributed by atoms with Crippen molar-refractivity contribution in [1.82, 2.24) is 0 Å². The van der Waals surface area contributed by atoms with E-state index in [1.165, 1.54) is 12.1 Å². The Bertz CT molecular complexity index is 1000. The van der Waals surface area contributed by atoms with Gasteiger partial charge in [0.05, 0.1) is 16.6 Å². The van der Waals surface area contributed by atoms with E-state index in [9.17, 15) is 20.2 Å². The normalized spacial score (nSPS) is 12.4. The van der Waals surface area contributed by atoms with Gasteiger partial charge in [-0.25, -0.2) is 0 Å². The van der Waals surface area contributed by atoms with E-state index in [0.29, 0.717) is 11.4 Å². The van der Waals surface area contributed by atoms with Crippen molar-refractivity contribution >= 4 is 23.4 Å². The van der Waals surface area contributed by atoms with E-state index < -0.39 is 10.8 Å². The third-order valence-corrected chi connectivity index (χ3v) is 3.86. The molecule has 0 aromatic heterocycles. The Morgan fingerprint density at radius 3 is 2.41 bits per heavy atom. The van der Waals surface area contributed by atoms with Gasteiger partial charge in [0.2, 0.25) is 6.79 Å². The molecular formula is C19H15N3O5. The second-order valence-corrected chi connectivity index (χ2v) is 6.02. The molecule has 0 aliphatic carbocycles. The molecule has 8 heteroatoms. The molecular weight excluding hydrogens is 350 g/mol. The minimum absolute atomic E-state index is 0.0437. The van der Waals surface area contributed by atoms with Gasteiger partial charge in [-0.05, 0) is 49.2 Å². The van der Waals surface area contributed by atoms with Gasteiger partial charge >= 0.3 is 0 Å². The van der Waals surface area contributed by atoms with Crippen LogP contribution in [-0.4, -0.2) is 17.6 Å². The van der Waals surface area contributed by atoms with Crippen molar-refractivity contribution in [3.63, 3.8) is 0 Å². The molecule has 3 rings (SSSR count). The van der Waals surface area contributed by atoms with Crippen molar-refractivity contribution < 1.29 is 19.2 Å². The zero-order valence-corrected chi connectivity index (χ0v) is 14.6. The van der Waals surface area contributed by atoms with Crippen LogP contribution in [0.25, 0.3) is 6.08 Å². The van der Waals surface area contributed by atoms with Gasteiger partial charge in [0, 0.05) is 5.69 Å². The Morgan fingerprint density at radius 2 is 1.81 bits per heavy atom. The number of hydrogen-bond donors (Lipinski definition) is 1. The van der Waals surface area contributed by atoms with Crippen molar-refractivity contribution in [2.75, 3.05) is 12.1 Å². The summed E-state index contributed by atoms with van der Waals surface area (Å²) in [7, 11) is 0. The first-order valence-electron chi connectivity index (χ1n) is 7.97. The molecule has 0 atom stereocenters. The van der Waals surface area contributed by atoms with Crippen LogP contribution >= 0.6 is 0 Å². The SMILES string of the molecule is Cc1cc(C)cc(NC(=O)/C(C#N)=C/c2cc3c(cc2[N+](=O)[O-])OCO3)c1. The number of amides is 1. The number of hydrogen-bond acceptors (Lipinski definition) is 6. The fourth-order valence-corrected chi connectivity index (χ4v) is 2.77. The summed E-state index contributed by atoms with van der Waals surface area (Å²) in [6, 6.07) is 9.86. The number of nitrogens with zero attached hydrogens (tertiary/aromatic N) is 2. The Labute approximate surface area is 154 Å². The Balaban J connectivity index is 1.95. The highest BCUT2D eigenvalue weighted by atomic mass is 16.7. The molecule has 0 saturated heterocycles. The van der Waals surface area contributed by atoms with Crippen LogP contribution in [0, 0.1) is 35.3 Å². The number of carbonyl (C=O) groups is 1. The number of fused-ring (bicyclic) bond motifs is 1. The lowest BCUT2D eigenvalue weighted by molar-refractivity contribution is -0.385. The number of nitrogens with one attached hydrogen (secondary N) is 1. The van der Waals surface area contributed by atoms with E-state index in [0.717, 1.165) is 17.2 Å². The van der Waals surface area contributed by atoms with Gasteiger partial charge in [0.15, 0.2) is 11.5 Å². The summed E-state index contributed by atoms with van der Waals surface area (Å²) in [5.41, 5.74) is 1.98. The quantitative estimate of drug-likeness (QED) is 0.384. The second kappa shape index (κ2) is 7.17. The van der Waals surface area contributed by atoms with Crippen LogP contribution < -0.4 is 14.8 Å². The van der Waals surface area contributed by atoms with Crippen LogP contribution in [0.5, 0.6) is 11.5 Å². The lowest BCUT2D eigenvalue weighted by atomic mass is 10.1. The summed E-state index contributed by atoms with van der Waals surface area (Å²) >= 11 is 0. The van der Waals surface area contributed by atoms with E-state index in [1.807, 2.05) is 19.9 Å². The van der Waals surface area contributed by atoms with Crippen LogP contribution in [0.2, 0.25) is 0 Å². The topological polar surface area (TPSA) is 114 Å². The van der Waals surface area contributed by atoms with Gasteiger partial charge in [-0.15, -0.1) is 0 Å². The summed E-state index contributed by atoms with van der Waals surface area (Å²) in [4.78, 5) is 23.2. The molecule has 1 aliphatic heterocycles. The van der Waals surface area contributed by atoms with Gasteiger partial charge in [0.1, 0.15) is 11.6 Å². The molecule has 0 unspecified atom stereocenters. The fraction of sp³-hybridized carbons (Fsp3) is 0.158. The zero-order valence-electron chi connectivity index (χ0n) is 14.6. The highest BCUT2D eigenvalue weighted by Crippen LogP contribution is 2.38. The molecule has 1 N–H and O–H groups in total. The largest absolute Gasteiger partial charge is 0.454 e. The zero-order chi connectivity index (χ0) is 19.6. The smallest absolute Gasteiger partial charge is 0.280 e. The van der Waals surface area contributed by atoms with E-state index in [1.54, 1.807) is 18.2 Å². The minimum Gasteiger partial charge on any atom is -0.454 e. The summed E-state index contributed by atoms with van der Waals surface area (Å²) in [6.07, 6.45) is 1.16. The summed E-state index contributed by atoms with van der Waals surface area (Å²) in [5, 5.41) is 23.3. The third kappa shape index (κ3) is 3.88. The van der Waals surface area contributed by atoms with E-state index in [2.05, 4.69) is 5.32 Å². The molecule has 0 radical (unpaired) electrons. The van der Waals surface area contributed by atoms with Gasteiger partial charge < -0.3 is 14.8 Å². The summed E-state index contributed by atoms with van der Waals surface area (Å²) in [6.45, 7) is 3.73. The van der Waals surface area contributed by atoms with Crippen LogP contribution in [0.3, 0.4) is 0 Å². The lowest BCUT2D eigenvalue weighted by Gasteiger charge is -2.07. The second-order valence-electron chi connectivity index (χ2n) is 6.02. The summed E-state index contributed by atoms with van der Waals surface area (Å²) in [5.74, 6) is -0.0923. The molecule has 2 aromatic rings. The molecule has 0 bridgehead atoms. The van der Waals surface area contributed by atoms with Crippen LogP contribution in [0.4, 0.5) is 11.4 Å². The molecule has 27 heavy (non-hydrogen) atoms. The van der Waals surface area contributed by atoms with Crippen molar-refractivity contribution in [2.45, 2.75) is 13.8 Å². The van der Waals surface area contributed by atoms with Gasteiger partial charge in [-0.2, -0.15) is 5.26 Å². The molecule has 1 aliphatic rings. The predicted octanol–water partition coefficient (Wildman–Crippen LogP) is 3.49. The lowest BCUT2D eigenvalue weighted by Crippen LogP contribution is -2.13. The average Bonchev–Trinajstić information content (AvgIpc) is 3.04. The molecule has 1 heterocycles. The Kier molecular flexibility index (Phi) is 4.77. The summed E-state index contributed by atoms with van der Waals surface area (Å²) < 4.78 is 10.3. The highest BCUT2D eigenvalue weighted by Gasteiger charge is 2.23. The minimum atomic E-state index is -0.658. The first-order chi connectivity index (χ1) is 12.9. The maximum Gasteiger partial charge on any atom is 0.280 e. The van der Waals surface area contributed by atoms with Crippen molar-refractivity contribution in [2.24, 2.45) is 0 Å². The number of nitriles is 1. The van der Waals surface area contributed by atoms with E-state index in [-0.39, 0.29) is 29.4 Å². The number of nitro groups is 1. The maximum absolute atomic E-state index is 12.5. The van der Waals surface area contributed by atoms with Crippen molar-refractivity contribution in [1.29, 1.82) is 5.26 Å². The Morgan fingerprint density at radius 1 is 1.19 bits per heavy atom. The van der Waals surface area contributed by atoms with Crippen molar-refractivity contribution in [3.8, 4) is 17.6 Å². The number of ether oxygens (including phenoxy) is 2. The Hall–Kier alpha value is -3.86. The highest BCUT2D eigenvalue weighted by molar-refractivity contribution is 6.10. The first kappa shape index (κ1) is 17.9. The number of nitro benzene ring substituents is 1. The van der Waals surface area contributed by atoms with Gasteiger partial charge in [-0.3, -0.25) is 14.9 Å². The van der Waals surface area contributed by atoms with E-state index >= 15 is 0 Å². The maximum atomic E-state index is 12.5. The van der Waals surface area contributed by atoms with Gasteiger partial charge in [-0.1, -0.05) is 6.07 Å². The van der Waals surface area contributed by atoms with E-state index in [4.69, 9.17) is 9.47 Å². The molecule has 0 fully saturated rings. The monoisotopic (exact) mass is 365 g/mol.